The van der Waals surface area contributed by atoms with E-state index in [-0.39, 0.29) is 23.7 Å². The third kappa shape index (κ3) is 4.35. The minimum absolute atomic E-state index is 0.0210. The highest BCUT2D eigenvalue weighted by molar-refractivity contribution is 5.31. The lowest BCUT2D eigenvalue weighted by molar-refractivity contribution is -0.128. The van der Waals surface area contributed by atoms with Crippen LogP contribution in [0.1, 0.15) is 17.0 Å². The number of ether oxygens (including phenoxy) is 1. The summed E-state index contributed by atoms with van der Waals surface area (Å²) in [5, 5.41) is 9.42. The van der Waals surface area contributed by atoms with Gasteiger partial charge in [-0.3, -0.25) is 4.79 Å². The molecule has 7 heteroatoms. The van der Waals surface area contributed by atoms with E-state index in [2.05, 4.69) is 0 Å². The van der Waals surface area contributed by atoms with Crippen LogP contribution in [0.2, 0.25) is 0 Å². The number of rotatable bonds is 5. The molecule has 0 atom stereocenters. The number of nitrogens with zero attached hydrogens (tertiary/aromatic N) is 1. The number of aliphatic hydroxyl groups excluding tert-OH is 1. The monoisotopic (exact) mass is 327 g/mol. The highest BCUT2D eigenvalue weighted by Crippen LogP contribution is 2.23. The van der Waals surface area contributed by atoms with Crippen molar-refractivity contribution in [2.75, 3.05) is 0 Å². The van der Waals surface area contributed by atoms with Crippen molar-refractivity contribution in [2.24, 2.45) is 7.05 Å². The van der Waals surface area contributed by atoms with Crippen molar-refractivity contribution < 1.29 is 23.0 Å². The molecule has 23 heavy (non-hydrogen) atoms. The van der Waals surface area contributed by atoms with Gasteiger partial charge in [0.25, 0.3) is 0 Å². The van der Waals surface area contributed by atoms with Crippen molar-refractivity contribution in [3.8, 4) is 5.75 Å². The molecule has 0 bridgehead atoms. The molecule has 0 aliphatic rings. The van der Waals surface area contributed by atoms with Crippen LogP contribution >= 0.6 is 0 Å². The summed E-state index contributed by atoms with van der Waals surface area (Å²) in [4.78, 5) is 12.1. The van der Waals surface area contributed by atoms with Crippen LogP contribution in [0.3, 0.4) is 0 Å². The number of hydrogen-bond acceptors (Lipinski definition) is 3. The summed E-state index contributed by atoms with van der Waals surface area (Å²) in [6.45, 7) is -0.511. The maximum absolute atomic E-state index is 12.5. The van der Waals surface area contributed by atoms with Crippen molar-refractivity contribution >= 4 is 0 Å². The average Bonchev–Trinajstić information content (AvgIpc) is 2.48. The van der Waals surface area contributed by atoms with Gasteiger partial charge in [-0.05, 0) is 5.56 Å². The topological polar surface area (TPSA) is 51.5 Å². The van der Waals surface area contributed by atoms with E-state index in [1.54, 1.807) is 24.3 Å². The second-order valence-electron chi connectivity index (χ2n) is 5.06. The highest BCUT2D eigenvalue weighted by atomic mass is 19.4. The number of pyridine rings is 1. The van der Waals surface area contributed by atoms with E-state index in [0.717, 1.165) is 16.2 Å². The molecule has 0 saturated heterocycles. The third-order valence-corrected chi connectivity index (χ3v) is 3.38. The quantitative estimate of drug-likeness (QED) is 0.918. The first-order valence-electron chi connectivity index (χ1n) is 6.88. The first-order chi connectivity index (χ1) is 10.8. The molecule has 0 unspecified atom stereocenters. The molecule has 1 aromatic heterocycles. The predicted octanol–water partition coefficient (Wildman–Crippen LogP) is 2.56. The van der Waals surface area contributed by atoms with Crippen LogP contribution in [0.25, 0.3) is 0 Å². The Morgan fingerprint density at radius 1 is 1.22 bits per heavy atom. The zero-order valence-corrected chi connectivity index (χ0v) is 12.4. The molecule has 0 amide bonds. The Morgan fingerprint density at radius 3 is 2.43 bits per heavy atom. The number of benzene rings is 1. The van der Waals surface area contributed by atoms with Gasteiger partial charge in [0.2, 0.25) is 5.43 Å². The second kappa shape index (κ2) is 6.87. The average molecular weight is 327 g/mol. The van der Waals surface area contributed by atoms with Crippen molar-refractivity contribution in [1.82, 2.24) is 4.57 Å². The minimum Gasteiger partial charge on any atom is -0.483 e. The maximum atomic E-state index is 12.5. The summed E-state index contributed by atoms with van der Waals surface area (Å²) in [5.41, 5.74) is -0.0774. The van der Waals surface area contributed by atoms with E-state index in [0.29, 0.717) is 0 Å². The van der Waals surface area contributed by atoms with E-state index in [1.807, 2.05) is 6.07 Å². The molecule has 0 saturated carbocycles. The molecule has 0 spiro atoms. The van der Waals surface area contributed by atoms with Gasteiger partial charge in [-0.1, -0.05) is 30.3 Å². The summed E-state index contributed by atoms with van der Waals surface area (Å²) in [7, 11) is 1.36. The standard InChI is InChI=1S/C16H16F3NO3/c1-20-12(8-16(17,18)19)7-14(22)15(13(20)9-21)23-10-11-5-3-2-4-6-11/h2-7,21H,8-10H2,1H3. The van der Waals surface area contributed by atoms with Gasteiger partial charge < -0.3 is 14.4 Å². The maximum Gasteiger partial charge on any atom is 0.394 e. The molecule has 0 aliphatic heterocycles. The van der Waals surface area contributed by atoms with Gasteiger partial charge in [0.15, 0.2) is 5.75 Å². The number of aromatic nitrogens is 1. The Kier molecular flexibility index (Phi) is 5.10. The van der Waals surface area contributed by atoms with Crippen LogP contribution in [-0.4, -0.2) is 15.8 Å². The van der Waals surface area contributed by atoms with E-state index in [9.17, 15) is 23.1 Å². The Labute approximate surface area is 130 Å². The van der Waals surface area contributed by atoms with Gasteiger partial charge >= 0.3 is 6.18 Å². The molecular weight excluding hydrogens is 311 g/mol. The van der Waals surface area contributed by atoms with Crippen molar-refractivity contribution in [2.45, 2.75) is 25.8 Å². The summed E-state index contributed by atoms with van der Waals surface area (Å²) in [5.74, 6) is -0.134. The van der Waals surface area contributed by atoms with Crippen LogP contribution in [0.15, 0.2) is 41.2 Å². The van der Waals surface area contributed by atoms with Gasteiger partial charge in [-0.15, -0.1) is 0 Å². The summed E-state index contributed by atoms with van der Waals surface area (Å²) in [6, 6.07) is 9.91. The Bertz CT molecular complexity index is 724. The second-order valence-corrected chi connectivity index (χ2v) is 5.06. The highest BCUT2D eigenvalue weighted by Gasteiger charge is 2.30. The SMILES string of the molecule is Cn1c(CC(F)(F)F)cc(=O)c(OCc2ccccc2)c1CO. The lowest BCUT2D eigenvalue weighted by atomic mass is 10.2. The van der Waals surface area contributed by atoms with Crippen LogP contribution in [0.5, 0.6) is 5.75 Å². The molecule has 0 fully saturated rings. The number of aliphatic hydroxyl groups is 1. The summed E-state index contributed by atoms with van der Waals surface area (Å²) >= 11 is 0. The lowest BCUT2D eigenvalue weighted by Gasteiger charge is -2.18. The Balaban J connectivity index is 2.33. The van der Waals surface area contributed by atoms with Crippen molar-refractivity contribution in [3.63, 3.8) is 0 Å². The molecule has 124 valence electrons. The predicted molar refractivity (Wildman–Crippen MR) is 78.1 cm³/mol. The van der Waals surface area contributed by atoms with Crippen molar-refractivity contribution in [3.05, 3.63) is 63.6 Å². The number of alkyl halides is 3. The zero-order valence-electron chi connectivity index (χ0n) is 12.4. The van der Waals surface area contributed by atoms with E-state index >= 15 is 0 Å². The molecule has 1 heterocycles. The summed E-state index contributed by atoms with van der Waals surface area (Å²) in [6.07, 6.45) is -5.69. The van der Waals surface area contributed by atoms with Crippen LogP contribution in [0.4, 0.5) is 13.2 Å². The fourth-order valence-corrected chi connectivity index (χ4v) is 2.22. The largest absolute Gasteiger partial charge is 0.483 e. The van der Waals surface area contributed by atoms with E-state index < -0.39 is 24.6 Å². The Morgan fingerprint density at radius 2 is 1.87 bits per heavy atom. The molecule has 0 aliphatic carbocycles. The number of halogens is 3. The van der Waals surface area contributed by atoms with E-state index in [1.165, 1.54) is 7.05 Å². The third-order valence-electron chi connectivity index (χ3n) is 3.38. The van der Waals surface area contributed by atoms with Gasteiger partial charge in [-0.25, -0.2) is 0 Å². The summed E-state index contributed by atoms with van der Waals surface area (Å²) < 4.78 is 44.2. The van der Waals surface area contributed by atoms with E-state index in [4.69, 9.17) is 4.74 Å². The number of hydrogen-bond donors (Lipinski definition) is 1. The first kappa shape index (κ1) is 17.1. The molecule has 2 rings (SSSR count). The molecular formula is C16H16F3NO3. The zero-order chi connectivity index (χ0) is 17.0. The molecule has 4 nitrogen and oxygen atoms in total. The van der Waals surface area contributed by atoms with Gasteiger partial charge in [-0.2, -0.15) is 13.2 Å². The molecule has 2 aromatic rings. The van der Waals surface area contributed by atoms with Crippen LogP contribution in [-0.2, 0) is 26.7 Å². The lowest BCUT2D eigenvalue weighted by Crippen LogP contribution is -2.23. The molecule has 0 radical (unpaired) electrons. The Hall–Kier alpha value is -2.28. The van der Waals surface area contributed by atoms with Crippen LogP contribution < -0.4 is 10.2 Å². The molecule has 1 N–H and O–H groups in total. The van der Waals surface area contributed by atoms with Gasteiger partial charge in [0.1, 0.15) is 6.61 Å². The first-order valence-corrected chi connectivity index (χ1v) is 6.88. The van der Waals surface area contributed by atoms with Gasteiger partial charge in [0, 0.05) is 18.8 Å². The fraction of sp³-hybridized carbons (Fsp3) is 0.312. The smallest absolute Gasteiger partial charge is 0.394 e. The fourth-order valence-electron chi connectivity index (χ4n) is 2.22. The van der Waals surface area contributed by atoms with Crippen molar-refractivity contribution in [1.29, 1.82) is 0 Å². The van der Waals surface area contributed by atoms with Gasteiger partial charge in [0.05, 0.1) is 18.7 Å². The molecule has 1 aromatic carbocycles. The minimum atomic E-state index is -4.44. The van der Waals surface area contributed by atoms with Crippen LogP contribution in [0, 0.1) is 0 Å². The normalized spacial score (nSPS) is 11.5.